The number of ether oxygens (including phenoxy) is 1. The van der Waals surface area contributed by atoms with Crippen LogP contribution in [-0.4, -0.2) is 29.9 Å². The Balaban J connectivity index is 1.30. The van der Waals surface area contributed by atoms with Crippen molar-refractivity contribution >= 4 is 28.9 Å². The first-order valence-electron chi connectivity index (χ1n) is 9.64. The topological polar surface area (TPSA) is 102 Å². The second kappa shape index (κ2) is 7.90. The number of carbonyl (C=O) groups excluding carboxylic acids is 2. The molecular formula is C21H21N3O5. The van der Waals surface area contributed by atoms with Crippen LogP contribution in [0.3, 0.4) is 0 Å². The maximum Gasteiger partial charge on any atom is 0.271 e. The maximum absolute atomic E-state index is 12.6. The van der Waals surface area contributed by atoms with Crippen LogP contribution < -0.4 is 15.0 Å². The normalized spacial score (nSPS) is 14.8. The van der Waals surface area contributed by atoms with Crippen LogP contribution >= 0.6 is 0 Å². The van der Waals surface area contributed by atoms with Crippen molar-refractivity contribution in [1.29, 1.82) is 0 Å². The molecule has 0 radical (unpaired) electrons. The van der Waals surface area contributed by atoms with Crippen LogP contribution in [0.4, 0.5) is 17.1 Å². The Kier molecular flexibility index (Phi) is 5.16. The van der Waals surface area contributed by atoms with E-state index < -0.39 is 4.92 Å². The lowest BCUT2D eigenvalue weighted by atomic mass is 10.0. The Morgan fingerprint density at radius 2 is 2.00 bits per heavy atom. The number of nitro benzene ring substituents is 1. The zero-order valence-electron chi connectivity index (χ0n) is 15.8. The van der Waals surface area contributed by atoms with Crippen LogP contribution in [-0.2, 0) is 22.4 Å². The van der Waals surface area contributed by atoms with E-state index >= 15 is 0 Å². The Morgan fingerprint density at radius 1 is 1.14 bits per heavy atom. The molecule has 0 atom stereocenters. The second-order valence-corrected chi connectivity index (χ2v) is 7.18. The van der Waals surface area contributed by atoms with Crippen LogP contribution in [0.1, 0.15) is 30.4 Å². The summed E-state index contributed by atoms with van der Waals surface area (Å²) in [5.74, 6) is 0.689. The Bertz CT molecular complexity index is 988. The number of hydrogen-bond acceptors (Lipinski definition) is 5. The minimum Gasteiger partial charge on any atom is -0.494 e. The van der Waals surface area contributed by atoms with Gasteiger partial charge in [0, 0.05) is 37.2 Å². The van der Waals surface area contributed by atoms with Gasteiger partial charge in [0.25, 0.3) is 5.69 Å². The number of nitrogens with zero attached hydrogens (tertiary/aromatic N) is 2. The van der Waals surface area contributed by atoms with Gasteiger partial charge in [-0.05, 0) is 48.6 Å². The molecule has 2 aromatic carbocycles. The molecule has 150 valence electrons. The van der Waals surface area contributed by atoms with Crippen molar-refractivity contribution in [1.82, 2.24) is 0 Å². The molecule has 0 spiro atoms. The summed E-state index contributed by atoms with van der Waals surface area (Å²) in [6.45, 7) is 0.944. The summed E-state index contributed by atoms with van der Waals surface area (Å²) in [6.07, 6.45) is 2.73. The number of rotatable bonds is 6. The molecular weight excluding hydrogens is 374 g/mol. The van der Waals surface area contributed by atoms with Gasteiger partial charge in [-0.25, -0.2) is 0 Å². The second-order valence-electron chi connectivity index (χ2n) is 7.18. The van der Waals surface area contributed by atoms with E-state index in [1.54, 1.807) is 11.0 Å². The van der Waals surface area contributed by atoms with Crippen LogP contribution in [0.15, 0.2) is 36.4 Å². The van der Waals surface area contributed by atoms with Crippen molar-refractivity contribution in [2.45, 2.75) is 32.1 Å². The Labute approximate surface area is 167 Å². The summed E-state index contributed by atoms with van der Waals surface area (Å²) in [6, 6.07) is 10.2. The average molecular weight is 395 g/mol. The van der Waals surface area contributed by atoms with Gasteiger partial charge < -0.3 is 15.0 Å². The minimum absolute atomic E-state index is 0.00428. The molecule has 2 aromatic rings. The molecule has 1 N–H and O–H groups in total. The molecule has 2 heterocycles. The molecule has 0 unspecified atom stereocenters. The van der Waals surface area contributed by atoms with E-state index in [1.165, 1.54) is 12.1 Å². The van der Waals surface area contributed by atoms with Gasteiger partial charge in [0.1, 0.15) is 5.75 Å². The monoisotopic (exact) mass is 395 g/mol. The highest BCUT2D eigenvalue weighted by atomic mass is 16.6. The summed E-state index contributed by atoms with van der Waals surface area (Å²) in [7, 11) is 0. The smallest absolute Gasteiger partial charge is 0.271 e. The lowest BCUT2D eigenvalue weighted by molar-refractivity contribution is -0.384. The molecule has 8 nitrogen and oxygen atoms in total. The zero-order valence-corrected chi connectivity index (χ0v) is 15.8. The third kappa shape index (κ3) is 4.06. The lowest BCUT2D eigenvalue weighted by Crippen LogP contribution is -2.29. The number of non-ortho nitro benzene ring substituents is 1. The van der Waals surface area contributed by atoms with Gasteiger partial charge in [0.05, 0.1) is 17.2 Å². The van der Waals surface area contributed by atoms with E-state index in [0.717, 1.165) is 22.6 Å². The van der Waals surface area contributed by atoms with Gasteiger partial charge in [0.15, 0.2) is 0 Å². The molecule has 0 aromatic heterocycles. The molecule has 2 aliphatic heterocycles. The van der Waals surface area contributed by atoms with Crippen molar-refractivity contribution in [2.75, 3.05) is 23.4 Å². The molecule has 8 heteroatoms. The fraction of sp³-hybridized carbons (Fsp3) is 0.333. The highest BCUT2D eigenvalue weighted by Crippen LogP contribution is 2.32. The van der Waals surface area contributed by atoms with E-state index in [9.17, 15) is 19.7 Å². The maximum atomic E-state index is 12.6. The molecule has 2 aliphatic rings. The van der Waals surface area contributed by atoms with Gasteiger partial charge >= 0.3 is 0 Å². The number of anilines is 2. The lowest BCUT2D eigenvalue weighted by Gasteiger charge is -2.18. The molecule has 0 saturated heterocycles. The van der Waals surface area contributed by atoms with Gasteiger partial charge in [-0.3, -0.25) is 19.7 Å². The Morgan fingerprint density at radius 3 is 2.83 bits per heavy atom. The molecule has 4 rings (SSSR count). The first-order valence-corrected chi connectivity index (χ1v) is 9.64. The number of nitro groups is 1. The number of hydrogen-bond donors (Lipinski definition) is 1. The van der Waals surface area contributed by atoms with Gasteiger partial charge in [0.2, 0.25) is 11.8 Å². The summed E-state index contributed by atoms with van der Waals surface area (Å²) in [5.41, 5.74) is 3.47. The van der Waals surface area contributed by atoms with Crippen LogP contribution in [0.5, 0.6) is 5.75 Å². The zero-order chi connectivity index (χ0) is 20.4. The van der Waals surface area contributed by atoms with Crippen molar-refractivity contribution in [3.05, 3.63) is 57.6 Å². The van der Waals surface area contributed by atoms with Crippen LogP contribution in [0.2, 0.25) is 0 Å². The predicted molar refractivity (Wildman–Crippen MR) is 107 cm³/mol. The highest BCUT2D eigenvalue weighted by Gasteiger charge is 2.26. The molecule has 0 fully saturated rings. The van der Waals surface area contributed by atoms with Gasteiger partial charge in [-0.15, -0.1) is 0 Å². The molecule has 0 bridgehead atoms. The fourth-order valence-electron chi connectivity index (χ4n) is 3.74. The summed E-state index contributed by atoms with van der Waals surface area (Å²) in [4.78, 5) is 36.2. The predicted octanol–water partition coefficient (Wildman–Crippen LogP) is 3.23. The van der Waals surface area contributed by atoms with E-state index in [2.05, 4.69) is 5.32 Å². The van der Waals surface area contributed by atoms with Crippen molar-refractivity contribution in [2.24, 2.45) is 0 Å². The molecule has 2 amide bonds. The van der Waals surface area contributed by atoms with Gasteiger partial charge in [-0.1, -0.05) is 6.07 Å². The quantitative estimate of drug-likeness (QED) is 0.460. The Hall–Kier alpha value is -3.42. The largest absolute Gasteiger partial charge is 0.494 e. The molecule has 0 aliphatic carbocycles. The number of benzene rings is 2. The van der Waals surface area contributed by atoms with E-state index in [0.29, 0.717) is 50.9 Å². The first-order chi connectivity index (χ1) is 14.0. The number of carbonyl (C=O) groups is 2. The van der Waals surface area contributed by atoms with Crippen molar-refractivity contribution in [3.63, 3.8) is 0 Å². The number of nitrogens with one attached hydrogen (secondary N) is 1. The summed E-state index contributed by atoms with van der Waals surface area (Å²) >= 11 is 0. The third-order valence-corrected chi connectivity index (χ3v) is 5.25. The summed E-state index contributed by atoms with van der Waals surface area (Å²) < 4.78 is 5.76. The summed E-state index contributed by atoms with van der Waals surface area (Å²) in [5, 5.41) is 13.8. The molecule has 0 saturated carbocycles. The minimum atomic E-state index is -0.445. The van der Waals surface area contributed by atoms with E-state index in [-0.39, 0.29) is 17.5 Å². The SMILES string of the molecule is O=C1CCc2cc(OCCCC(=O)N3CCc4ccc([N+](=O)[O-])cc43)ccc2N1. The average Bonchev–Trinajstić information content (AvgIpc) is 3.14. The third-order valence-electron chi connectivity index (χ3n) is 5.25. The number of fused-ring (bicyclic) bond motifs is 2. The van der Waals surface area contributed by atoms with E-state index in [4.69, 9.17) is 4.74 Å². The first kappa shape index (κ1) is 18.9. The highest BCUT2D eigenvalue weighted by molar-refractivity contribution is 5.96. The van der Waals surface area contributed by atoms with Crippen LogP contribution in [0, 0.1) is 10.1 Å². The van der Waals surface area contributed by atoms with Crippen molar-refractivity contribution in [3.8, 4) is 5.75 Å². The standard InChI is InChI=1S/C21H21N3O5/c25-20-8-4-15-12-17(6-7-18(15)22-20)29-11-1-2-21(26)23-10-9-14-3-5-16(24(27)28)13-19(14)23/h3,5-7,12-13H,1-2,4,8-11H2,(H,22,25). The van der Waals surface area contributed by atoms with E-state index in [1.807, 2.05) is 18.2 Å². The molecule has 29 heavy (non-hydrogen) atoms. The number of aryl methyl sites for hydroxylation is 1. The van der Waals surface area contributed by atoms with Gasteiger partial charge in [-0.2, -0.15) is 0 Å². The van der Waals surface area contributed by atoms with Crippen LogP contribution in [0.25, 0.3) is 0 Å². The van der Waals surface area contributed by atoms with Crippen molar-refractivity contribution < 1.29 is 19.2 Å². The fourth-order valence-corrected chi connectivity index (χ4v) is 3.74. The number of amides is 2.